The molecule has 0 aromatic heterocycles. The van der Waals surface area contributed by atoms with Crippen LogP contribution in [0.3, 0.4) is 0 Å². The molecule has 1 amide bonds. The Morgan fingerprint density at radius 2 is 1.75 bits per heavy atom. The van der Waals surface area contributed by atoms with E-state index in [1.807, 2.05) is 0 Å². The Morgan fingerprint density at radius 3 is 2.42 bits per heavy atom. The van der Waals surface area contributed by atoms with E-state index in [1.54, 1.807) is 48.5 Å². The van der Waals surface area contributed by atoms with Crippen molar-refractivity contribution in [1.29, 1.82) is 5.41 Å². The van der Waals surface area contributed by atoms with E-state index in [2.05, 4.69) is 0 Å². The summed E-state index contributed by atoms with van der Waals surface area (Å²) >= 11 is 6.03. The lowest BCUT2D eigenvalue weighted by Gasteiger charge is -2.39. The first-order valence-electron chi connectivity index (χ1n) is 11.1. The number of sulfonamides is 1. The van der Waals surface area contributed by atoms with Crippen LogP contribution in [0.1, 0.15) is 17.5 Å². The van der Waals surface area contributed by atoms with Crippen LogP contribution in [0.25, 0.3) is 10.8 Å². The predicted octanol–water partition coefficient (Wildman–Crippen LogP) is 2.74. The number of rotatable bonds is 7. The van der Waals surface area contributed by atoms with Crippen molar-refractivity contribution in [3.05, 3.63) is 76.8 Å². The number of nitrogen functional groups attached to an aromatic ring is 1. The largest absolute Gasteiger partial charge is 0.469 e. The van der Waals surface area contributed by atoms with Gasteiger partial charge in [0.1, 0.15) is 11.9 Å². The highest BCUT2D eigenvalue weighted by molar-refractivity contribution is 7.89. The minimum Gasteiger partial charge on any atom is -0.469 e. The first-order chi connectivity index (χ1) is 17.1. The predicted molar refractivity (Wildman–Crippen MR) is 136 cm³/mol. The van der Waals surface area contributed by atoms with Crippen LogP contribution in [0.15, 0.2) is 65.6 Å². The summed E-state index contributed by atoms with van der Waals surface area (Å²) in [4.78, 5) is 27.1. The van der Waals surface area contributed by atoms with E-state index in [9.17, 15) is 18.0 Å². The molecule has 1 heterocycles. The van der Waals surface area contributed by atoms with E-state index >= 15 is 0 Å². The molecule has 9 nitrogen and oxygen atoms in total. The third kappa shape index (κ3) is 5.20. The van der Waals surface area contributed by atoms with Crippen molar-refractivity contribution in [1.82, 2.24) is 9.21 Å². The van der Waals surface area contributed by atoms with Gasteiger partial charge in [0.05, 0.1) is 18.4 Å². The van der Waals surface area contributed by atoms with E-state index in [1.165, 1.54) is 24.1 Å². The van der Waals surface area contributed by atoms with Gasteiger partial charge in [0.25, 0.3) is 0 Å². The molecule has 1 saturated heterocycles. The Hall–Kier alpha value is -3.47. The maximum absolute atomic E-state index is 13.6. The topological polar surface area (TPSA) is 134 Å². The molecule has 1 atom stereocenters. The molecule has 3 aromatic rings. The molecular formula is C25H25ClN4O5S. The van der Waals surface area contributed by atoms with Crippen molar-refractivity contribution in [3.63, 3.8) is 0 Å². The summed E-state index contributed by atoms with van der Waals surface area (Å²) in [6, 6.07) is 15.4. The molecule has 11 heteroatoms. The van der Waals surface area contributed by atoms with Crippen LogP contribution >= 0.6 is 11.6 Å². The third-order valence-electron chi connectivity index (χ3n) is 6.14. The number of carbonyl (C=O) groups excluding carboxylic acids is 2. The number of halogens is 1. The Morgan fingerprint density at radius 1 is 1.08 bits per heavy atom. The molecule has 1 aliphatic rings. The first kappa shape index (κ1) is 25.6. The highest BCUT2D eigenvalue weighted by Gasteiger charge is 2.43. The minimum atomic E-state index is -4.10. The fourth-order valence-corrected chi connectivity index (χ4v) is 5.98. The second-order valence-electron chi connectivity index (χ2n) is 8.44. The number of amides is 1. The number of ether oxygens (including phenoxy) is 1. The number of esters is 1. The van der Waals surface area contributed by atoms with Crippen LogP contribution in [-0.4, -0.2) is 61.6 Å². The van der Waals surface area contributed by atoms with Gasteiger partial charge in [-0.05, 0) is 40.6 Å². The second-order valence-corrected chi connectivity index (χ2v) is 10.8. The lowest BCUT2D eigenvalue weighted by molar-refractivity contribution is -0.148. The number of nitrogens with zero attached hydrogens (tertiary/aromatic N) is 2. The van der Waals surface area contributed by atoms with Crippen molar-refractivity contribution in [2.45, 2.75) is 23.9 Å². The molecule has 4 rings (SSSR count). The van der Waals surface area contributed by atoms with Crippen molar-refractivity contribution in [2.24, 2.45) is 5.73 Å². The smallest absolute Gasteiger partial charge is 0.307 e. The molecule has 0 saturated carbocycles. The summed E-state index contributed by atoms with van der Waals surface area (Å²) in [5, 5.41) is 9.51. The third-order valence-corrected chi connectivity index (χ3v) is 8.28. The molecule has 0 radical (unpaired) electrons. The maximum Gasteiger partial charge on any atom is 0.307 e. The highest BCUT2D eigenvalue weighted by atomic mass is 35.5. The number of piperazine rings is 1. The Labute approximate surface area is 213 Å². The zero-order valence-corrected chi connectivity index (χ0v) is 21.1. The van der Waals surface area contributed by atoms with Crippen LogP contribution in [0.4, 0.5) is 0 Å². The van der Waals surface area contributed by atoms with Crippen LogP contribution in [0.2, 0.25) is 5.02 Å². The van der Waals surface area contributed by atoms with Gasteiger partial charge in [-0.1, -0.05) is 48.0 Å². The normalized spacial score (nSPS) is 16.8. The van der Waals surface area contributed by atoms with Gasteiger partial charge < -0.3 is 15.4 Å². The number of carbonyl (C=O) groups is 2. The number of nitrogens with two attached hydrogens (primary N) is 1. The van der Waals surface area contributed by atoms with Crippen molar-refractivity contribution in [2.75, 3.05) is 20.2 Å². The van der Waals surface area contributed by atoms with Gasteiger partial charge >= 0.3 is 5.97 Å². The van der Waals surface area contributed by atoms with Crippen molar-refractivity contribution >= 4 is 50.1 Å². The molecule has 1 aliphatic heterocycles. The van der Waals surface area contributed by atoms with E-state index in [4.69, 9.17) is 27.5 Å². The van der Waals surface area contributed by atoms with E-state index in [-0.39, 0.29) is 30.4 Å². The standard InChI is InChI=1S/C25H25ClN4O5S/c1-35-23(31)14-22-25(32)29(15-16-2-4-17(5-3-16)24(27)28)10-11-30(22)36(33,34)21-9-7-18-12-20(26)8-6-19(18)13-21/h2-9,12-13,22H,10-11,14-15H2,1H3,(H3,27,28). The highest BCUT2D eigenvalue weighted by Crippen LogP contribution is 2.28. The van der Waals surface area contributed by atoms with Crippen LogP contribution in [0.5, 0.6) is 0 Å². The van der Waals surface area contributed by atoms with Gasteiger partial charge in [0.2, 0.25) is 15.9 Å². The summed E-state index contributed by atoms with van der Waals surface area (Å²) in [6.07, 6.45) is -0.405. The molecule has 3 aromatic carbocycles. The number of fused-ring (bicyclic) bond motifs is 1. The summed E-state index contributed by atoms with van der Waals surface area (Å²) < 4.78 is 33.1. The number of hydrogen-bond acceptors (Lipinski definition) is 6. The second kappa shape index (κ2) is 10.3. The summed E-state index contributed by atoms with van der Waals surface area (Å²) in [6.45, 7) is 0.382. The van der Waals surface area contributed by atoms with E-state index < -0.39 is 34.4 Å². The summed E-state index contributed by atoms with van der Waals surface area (Å²) in [5.74, 6) is -1.24. The first-order valence-corrected chi connectivity index (χ1v) is 12.9. The molecule has 1 fully saturated rings. The summed E-state index contributed by atoms with van der Waals surface area (Å²) in [7, 11) is -2.91. The molecule has 3 N–H and O–H groups in total. The molecule has 0 bridgehead atoms. The lowest BCUT2D eigenvalue weighted by Crippen LogP contribution is -2.58. The zero-order valence-electron chi connectivity index (χ0n) is 19.5. The van der Waals surface area contributed by atoms with E-state index in [0.717, 1.165) is 15.3 Å². The summed E-state index contributed by atoms with van der Waals surface area (Å²) in [5.41, 5.74) is 6.84. The fourth-order valence-electron chi connectivity index (χ4n) is 4.19. The Balaban J connectivity index is 1.63. The molecule has 0 aliphatic carbocycles. The van der Waals surface area contributed by atoms with Gasteiger partial charge in [-0.15, -0.1) is 0 Å². The number of benzene rings is 3. The van der Waals surface area contributed by atoms with Gasteiger partial charge in [0, 0.05) is 30.2 Å². The SMILES string of the molecule is COC(=O)CC1C(=O)N(Cc2ccc(C(=N)N)cc2)CCN1S(=O)(=O)c1ccc2cc(Cl)ccc2c1. The van der Waals surface area contributed by atoms with Crippen LogP contribution < -0.4 is 5.73 Å². The molecule has 36 heavy (non-hydrogen) atoms. The number of amidine groups is 1. The van der Waals surface area contributed by atoms with E-state index in [0.29, 0.717) is 16.0 Å². The lowest BCUT2D eigenvalue weighted by atomic mass is 10.1. The monoisotopic (exact) mass is 528 g/mol. The van der Waals surface area contributed by atoms with Gasteiger partial charge in [0.15, 0.2) is 0 Å². The van der Waals surface area contributed by atoms with Crippen molar-refractivity contribution in [3.8, 4) is 0 Å². The molecule has 188 valence electrons. The average molecular weight is 529 g/mol. The Bertz CT molecular complexity index is 1440. The molecule has 0 spiro atoms. The van der Waals surface area contributed by atoms with Gasteiger partial charge in [-0.2, -0.15) is 4.31 Å². The molecular weight excluding hydrogens is 504 g/mol. The molecule has 1 unspecified atom stereocenters. The quantitative estimate of drug-likeness (QED) is 0.275. The minimum absolute atomic E-state index is 0.0138. The fraction of sp³-hybridized carbons (Fsp3) is 0.240. The van der Waals surface area contributed by atoms with Crippen molar-refractivity contribution < 1.29 is 22.7 Å². The number of nitrogens with one attached hydrogen (secondary N) is 1. The number of hydrogen-bond donors (Lipinski definition) is 2. The zero-order chi connectivity index (χ0) is 26.0. The van der Waals surface area contributed by atoms with Crippen LogP contribution in [-0.2, 0) is 30.9 Å². The van der Waals surface area contributed by atoms with Gasteiger partial charge in [-0.3, -0.25) is 15.0 Å². The number of methoxy groups -OCH3 is 1. The maximum atomic E-state index is 13.6. The Kier molecular flexibility index (Phi) is 7.30. The van der Waals surface area contributed by atoms with Crippen LogP contribution in [0, 0.1) is 5.41 Å². The van der Waals surface area contributed by atoms with Gasteiger partial charge in [-0.25, -0.2) is 8.42 Å². The average Bonchev–Trinajstić information content (AvgIpc) is 2.86.